The first-order valence-corrected chi connectivity index (χ1v) is 12.7. The summed E-state index contributed by atoms with van der Waals surface area (Å²) in [6.07, 6.45) is 1.97. The molecule has 2 fully saturated rings. The van der Waals surface area contributed by atoms with E-state index >= 15 is 0 Å². The van der Waals surface area contributed by atoms with Gasteiger partial charge in [0.25, 0.3) is 5.91 Å². The van der Waals surface area contributed by atoms with Gasteiger partial charge in [-0.1, -0.05) is 54.1 Å². The van der Waals surface area contributed by atoms with Gasteiger partial charge in [0, 0.05) is 43.1 Å². The van der Waals surface area contributed by atoms with Crippen molar-refractivity contribution in [3.63, 3.8) is 0 Å². The zero-order valence-corrected chi connectivity index (χ0v) is 22.3. The third kappa shape index (κ3) is 5.77. The van der Waals surface area contributed by atoms with Crippen molar-refractivity contribution in [3.05, 3.63) is 101 Å². The highest BCUT2D eigenvalue weighted by Gasteiger charge is 2.51. The summed E-state index contributed by atoms with van der Waals surface area (Å²) in [5, 5.41) is 4.31. The van der Waals surface area contributed by atoms with Crippen molar-refractivity contribution < 1.29 is 14.3 Å². The highest BCUT2D eigenvalue weighted by atomic mass is 35.5. The minimum atomic E-state index is -0.493. The van der Waals surface area contributed by atoms with Crippen molar-refractivity contribution in [1.82, 2.24) is 15.1 Å². The third-order valence-electron chi connectivity index (χ3n) is 7.28. The number of carbonyl (C=O) groups is 2. The van der Waals surface area contributed by atoms with Crippen LogP contribution in [0.2, 0.25) is 5.02 Å². The lowest BCUT2D eigenvalue weighted by Gasteiger charge is -2.44. The second-order valence-corrected chi connectivity index (χ2v) is 9.93. The Kier molecular flexibility index (Phi) is 8.42. The van der Waals surface area contributed by atoms with Gasteiger partial charge >= 0.3 is 0 Å². The van der Waals surface area contributed by atoms with Gasteiger partial charge in [0.15, 0.2) is 0 Å². The average molecular weight is 540 g/mol. The van der Waals surface area contributed by atoms with E-state index in [1.807, 2.05) is 52.3 Å². The van der Waals surface area contributed by atoms with Crippen LogP contribution in [-0.4, -0.2) is 53.5 Å². The maximum atomic E-state index is 13.7. The molecule has 0 saturated carbocycles. The van der Waals surface area contributed by atoms with Gasteiger partial charge in [0.1, 0.15) is 5.75 Å². The molecular formula is C29H31Cl2N3O3. The van der Waals surface area contributed by atoms with Crippen LogP contribution in [0.25, 0.3) is 0 Å². The average Bonchev–Trinajstić information content (AvgIpc) is 3.15. The normalized spacial score (nSPS) is 18.5. The first kappa shape index (κ1) is 27.0. The minimum Gasteiger partial charge on any atom is -0.497 e. The van der Waals surface area contributed by atoms with E-state index in [2.05, 4.69) is 17.4 Å². The second-order valence-electron chi connectivity index (χ2n) is 9.49. The van der Waals surface area contributed by atoms with Crippen molar-refractivity contribution in [2.75, 3.05) is 20.2 Å². The van der Waals surface area contributed by atoms with Crippen molar-refractivity contribution in [2.45, 2.75) is 37.5 Å². The van der Waals surface area contributed by atoms with E-state index in [0.717, 1.165) is 16.9 Å². The fourth-order valence-corrected chi connectivity index (χ4v) is 5.39. The van der Waals surface area contributed by atoms with E-state index in [4.69, 9.17) is 16.3 Å². The zero-order chi connectivity index (χ0) is 25.1. The fraction of sp³-hybridized carbons (Fsp3) is 0.310. The summed E-state index contributed by atoms with van der Waals surface area (Å²) in [6.45, 7) is 1.64. The molecule has 3 aromatic rings. The molecule has 2 heterocycles. The van der Waals surface area contributed by atoms with Gasteiger partial charge < -0.3 is 14.5 Å². The number of rotatable bonds is 6. The van der Waals surface area contributed by atoms with E-state index in [1.54, 1.807) is 31.4 Å². The number of nitrogens with zero attached hydrogens (tertiary/aromatic N) is 2. The molecule has 2 amide bonds. The van der Waals surface area contributed by atoms with Crippen molar-refractivity contribution in [1.29, 1.82) is 0 Å². The fourth-order valence-electron chi connectivity index (χ4n) is 5.26. The molecule has 5 rings (SSSR count). The van der Waals surface area contributed by atoms with Gasteiger partial charge in [-0.2, -0.15) is 0 Å². The van der Waals surface area contributed by atoms with Crippen LogP contribution in [-0.2, 0) is 17.8 Å². The first-order chi connectivity index (χ1) is 17.5. The van der Waals surface area contributed by atoms with Gasteiger partial charge in [-0.15, -0.1) is 12.4 Å². The number of nitrogens with one attached hydrogen (secondary N) is 1. The number of likely N-dealkylation sites (tertiary alicyclic amines) is 1. The smallest absolute Gasteiger partial charge is 0.253 e. The molecule has 194 valence electrons. The van der Waals surface area contributed by atoms with Gasteiger partial charge in [-0.05, 0) is 53.9 Å². The number of piperidine rings is 1. The molecule has 2 aliphatic rings. The number of ether oxygens (including phenoxy) is 1. The Hall–Kier alpha value is -3.06. The summed E-state index contributed by atoms with van der Waals surface area (Å²) in [4.78, 5) is 30.7. The molecule has 37 heavy (non-hydrogen) atoms. The van der Waals surface area contributed by atoms with Gasteiger partial charge in [-0.25, -0.2) is 0 Å². The predicted molar refractivity (Wildman–Crippen MR) is 147 cm³/mol. The molecule has 3 aromatic carbocycles. The zero-order valence-electron chi connectivity index (χ0n) is 20.7. The first-order valence-electron chi connectivity index (χ1n) is 12.3. The van der Waals surface area contributed by atoms with Crippen LogP contribution >= 0.6 is 24.0 Å². The lowest BCUT2D eigenvalue weighted by Crippen LogP contribution is -2.59. The maximum Gasteiger partial charge on any atom is 0.253 e. The Labute approximate surface area is 229 Å². The van der Waals surface area contributed by atoms with Crippen LogP contribution in [0.5, 0.6) is 5.75 Å². The Balaban J connectivity index is 0.00000320. The Morgan fingerprint density at radius 2 is 1.62 bits per heavy atom. The molecule has 0 bridgehead atoms. The van der Waals surface area contributed by atoms with E-state index in [9.17, 15) is 9.59 Å². The topological polar surface area (TPSA) is 61.9 Å². The van der Waals surface area contributed by atoms with Gasteiger partial charge in [0.05, 0.1) is 18.8 Å². The lowest BCUT2D eigenvalue weighted by atomic mass is 9.94. The monoisotopic (exact) mass is 539 g/mol. The maximum absolute atomic E-state index is 13.7. The lowest BCUT2D eigenvalue weighted by molar-refractivity contribution is -0.134. The molecule has 0 unspecified atom stereocenters. The van der Waals surface area contributed by atoms with E-state index in [-0.39, 0.29) is 30.3 Å². The van der Waals surface area contributed by atoms with Crippen molar-refractivity contribution >= 4 is 35.8 Å². The Morgan fingerprint density at radius 3 is 2.24 bits per heavy atom. The SMILES string of the molecule is COc1ccc(CN2C(=O)[C@H](Cc3ccccc3)NC23CCN(C(=O)c2ccc(Cl)cc2)CC3)cc1.Cl. The van der Waals surface area contributed by atoms with E-state index < -0.39 is 5.66 Å². The van der Waals surface area contributed by atoms with Crippen molar-refractivity contribution in [3.8, 4) is 5.75 Å². The van der Waals surface area contributed by atoms with Crippen LogP contribution < -0.4 is 10.1 Å². The Morgan fingerprint density at radius 1 is 0.973 bits per heavy atom. The summed E-state index contributed by atoms with van der Waals surface area (Å²) in [5.74, 6) is 0.885. The second kappa shape index (κ2) is 11.5. The number of hydrogen-bond donors (Lipinski definition) is 1. The molecule has 0 aliphatic carbocycles. The predicted octanol–water partition coefficient (Wildman–Crippen LogP) is 4.95. The molecule has 8 heteroatoms. The van der Waals surface area contributed by atoms with Crippen LogP contribution in [0, 0.1) is 0 Å². The quantitative estimate of drug-likeness (QED) is 0.481. The highest BCUT2D eigenvalue weighted by molar-refractivity contribution is 6.30. The molecular weight excluding hydrogens is 509 g/mol. The summed E-state index contributed by atoms with van der Waals surface area (Å²) >= 11 is 5.99. The largest absolute Gasteiger partial charge is 0.497 e. The number of hydrogen-bond acceptors (Lipinski definition) is 4. The van der Waals surface area contributed by atoms with E-state index in [1.165, 1.54) is 0 Å². The number of halogens is 2. The molecule has 2 saturated heterocycles. The molecule has 1 spiro atoms. The third-order valence-corrected chi connectivity index (χ3v) is 7.53. The van der Waals surface area contributed by atoms with Crippen LogP contribution in [0.3, 0.4) is 0 Å². The number of methoxy groups -OCH3 is 1. The minimum absolute atomic E-state index is 0. The number of benzene rings is 3. The van der Waals surface area contributed by atoms with Gasteiger partial charge in [0.2, 0.25) is 5.91 Å². The molecule has 1 N–H and O–H groups in total. The van der Waals surface area contributed by atoms with E-state index in [0.29, 0.717) is 49.5 Å². The standard InChI is InChI=1S/C29H30ClN3O3.ClH/c1-36-25-13-7-22(8-14-25)20-33-28(35)26(19-21-5-3-2-4-6-21)31-29(33)15-17-32(18-16-29)27(34)23-9-11-24(30)12-10-23;/h2-14,26,31H,15-20H2,1H3;1H/t26-;/m0./s1. The summed E-state index contributed by atoms with van der Waals surface area (Å²) in [5.41, 5.74) is 2.31. The van der Waals surface area contributed by atoms with Crippen molar-refractivity contribution in [2.24, 2.45) is 0 Å². The molecule has 6 nitrogen and oxygen atoms in total. The van der Waals surface area contributed by atoms with Crippen LogP contribution in [0.4, 0.5) is 0 Å². The molecule has 0 radical (unpaired) electrons. The van der Waals surface area contributed by atoms with Crippen LogP contribution in [0.1, 0.15) is 34.3 Å². The summed E-state index contributed by atoms with van der Waals surface area (Å²) in [7, 11) is 1.64. The molecule has 1 atom stereocenters. The van der Waals surface area contributed by atoms with Gasteiger partial charge in [-0.3, -0.25) is 14.9 Å². The van der Waals surface area contributed by atoms with Crippen LogP contribution in [0.15, 0.2) is 78.9 Å². The Bertz CT molecular complexity index is 1210. The highest BCUT2D eigenvalue weighted by Crippen LogP contribution is 2.35. The summed E-state index contributed by atoms with van der Waals surface area (Å²) < 4.78 is 5.29. The number of carbonyl (C=O) groups excluding carboxylic acids is 2. The molecule has 0 aromatic heterocycles. The summed E-state index contributed by atoms with van der Waals surface area (Å²) in [6, 6.07) is 24.6. The molecule has 2 aliphatic heterocycles. The number of amides is 2.